The highest BCUT2D eigenvalue weighted by Gasteiger charge is 2.36. The van der Waals surface area contributed by atoms with E-state index in [1.54, 1.807) is 57.2 Å². The molecule has 21 heteroatoms. The number of anilines is 2. The van der Waals surface area contributed by atoms with Gasteiger partial charge < -0.3 is 24.4 Å². The minimum Gasteiger partial charge on any atom is -0.497 e. The minimum absolute atomic E-state index is 0.00692. The number of fused-ring (bicyclic) bond motifs is 2. The zero-order valence-corrected chi connectivity index (χ0v) is 38.5. The van der Waals surface area contributed by atoms with Crippen LogP contribution >= 0.6 is 11.6 Å². The average Bonchev–Trinajstić information content (AvgIpc) is 3.56. The molecule has 3 heterocycles. The number of nitrogens with one attached hydrogen (secondary N) is 1. The lowest BCUT2D eigenvalue weighted by atomic mass is 10.0. The maximum atomic E-state index is 15.3. The molecule has 4 aromatic carbocycles. The van der Waals surface area contributed by atoms with Gasteiger partial charge in [0.2, 0.25) is 10.0 Å². The van der Waals surface area contributed by atoms with Crippen molar-refractivity contribution < 1.29 is 49.4 Å². The number of carbonyl (C=O) groups is 1. The third-order valence-corrected chi connectivity index (χ3v) is 11.9. The van der Waals surface area contributed by atoms with Gasteiger partial charge in [0.25, 0.3) is 5.56 Å². The first-order valence-corrected chi connectivity index (χ1v) is 22.9. The molecule has 1 N–H and O–H groups in total. The second-order valence-corrected chi connectivity index (χ2v) is 19.5. The van der Waals surface area contributed by atoms with E-state index in [-0.39, 0.29) is 50.6 Å². The number of hydrogen-bond acceptors (Lipinski definition) is 10. The van der Waals surface area contributed by atoms with Gasteiger partial charge in [-0.25, -0.2) is 31.3 Å². The fraction of sp³-hybridized carbons (Fsp3) is 0.378. The van der Waals surface area contributed by atoms with Crippen LogP contribution in [0.4, 0.5) is 38.3 Å². The lowest BCUT2D eigenvalue weighted by Gasteiger charge is -2.37. The lowest BCUT2D eigenvalue weighted by Crippen LogP contribution is -2.45. The Morgan fingerprint density at radius 2 is 1.62 bits per heavy atom. The summed E-state index contributed by atoms with van der Waals surface area (Å²) < 4.78 is 120. The molecular weight excluding hydrogens is 913 g/mol. The molecule has 352 valence electrons. The van der Waals surface area contributed by atoms with Crippen molar-refractivity contribution in [2.24, 2.45) is 0 Å². The second-order valence-electron chi connectivity index (χ2n) is 17.2. The summed E-state index contributed by atoms with van der Waals surface area (Å²) in [6, 6.07) is 14.9. The number of morpholine rings is 1. The molecule has 0 radical (unpaired) electrons. The topological polar surface area (TPSA) is 150 Å². The van der Waals surface area contributed by atoms with Crippen molar-refractivity contribution >= 4 is 61.0 Å². The third-order valence-electron chi connectivity index (χ3n) is 10.5. The van der Waals surface area contributed by atoms with Crippen LogP contribution in [-0.2, 0) is 39.0 Å². The van der Waals surface area contributed by atoms with Crippen LogP contribution in [0.15, 0.2) is 77.6 Å². The first kappa shape index (κ1) is 48.0. The van der Waals surface area contributed by atoms with E-state index < -0.39 is 82.0 Å². The van der Waals surface area contributed by atoms with Crippen molar-refractivity contribution in [3.63, 3.8) is 0 Å². The average molecular weight is 960 g/mol. The van der Waals surface area contributed by atoms with Gasteiger partial charge in [-0.05, 0) is 100 Å². The summed E-state index contributed by atoms with van der Waals surface area (Å²) in [5.74, 6) is -2.22. The number of nitrogens with zero attached hydrogens (tertiary/aromatic N) is 6. The summed E-state index contributed by atoms with van der Waals surface area (Å²) >= 11 is 6.83. The molecule has 0 saturated carbocycles. The predicted octanol–water partition coefficient (Wildman–Crippen LogP) is 8.63. The first-order valence-electron chi connectivity index (χ1n) is 20.7. The van der Waals surface area contributed by atoms with E-state index in [1.807, 2.05) is 18.7 Å². The van der Waals surface area contributed by atoms with Gasteiger partial charge in [-0.1, -0.05) is 23.7 Å². The van der Waals surface area contributed by atoms with Gasteiger partial charge in [-0.2, -0.15) is 18.3 Å². The third kappa shape index (κ3) is 10.8. The number of alkyl carbamates (subject to hydrolysis) is 1. The minimum atomic E-state index is -4.95. The van der Waals surface area contributed by atoms with E-state index in [1.165, 1.54) is 25.3 Å². The molecule has 0 unspecified atom stereocenters. The number of benzene rings is 4. The van der Waals surface area contributed by atoms with Gasteiger partial charge in [0, 0.05) is 31.3 Å². The van der Waals surface area contributed by atoms with Gasteiger partial charge in [-0.3, -0.25) is 14.0 Å². The van der Waals surface area contributed by atoms with Crippen LogP contribution < -0.4 is 24.8 Å². The van der Waals surface area contributed by atoms with E-state index >= 15 is 4.79 Å². The molecule has 1 aliphatic heterocycles. The molecule has 2 aromatic heterocycles. The molecule has 1 aliphatic rings. The standard InChI is InChI=1S/C45H47ClF5N7O7S/c1-25-21-55(22-26(2)64-25)31-10-13-33-35(20-31)52-40(36(53-43(60)65-44(3,4)5)18-28-16-29(47)19-30(48)17-28)58(42(33)59)37-15-14-34(46)38-39(37)56(24-45(49,50)51)54-41(38)57(66(7,61)62)23-27-8-11-32(63-6)12-9-27/h8-17,19-20,25-26,36H,18,21-24H2,1-7H3,(H,53,60)/t25-,26+,36-/m0/s1. The molecule has 3 atom stereocenters. The van der Waals surface area contributed by atoms with Crippen LogP contribution in [0.25, 0.3) is 27.5 Å². The summed E-state index contributed by atoms with van der Waals surface area (Å²) in [5.41, 5.74) is -1.44. The number of methoxy groups -OCH3 is 1. The number of rotatable bonds is 12. The molecule has 1 saturated heterocycles. The van der Waals surface area contributed by atoms with Crippen LogP contribution in [0, 0.1) is 11.6 Å². The highest BCUT2D eigenvalue weighted by molar-refractivity contribution is 7.92. The van der Waals surface area contributed by atoms with Crippen LogP contribution in [0.2, 0.25) is 5.02 Å². The summed E-state index contributed by atoms with van der Waals surface area (Å²) in [7, 11) is -2.88. The number of ether oxygens (including phenoxy) is 3. The predicted molar refractivity (Wildman–Crippen MR) is 240 cm³/mol. The fourth-order valence-corrected chi connectivity index (χ4v) is 9.06. The van der Waals surface area contributed by atoms with Crippen molar-refractivity contribution in [3.05, 3.63) is 117 Å². The second kappa shape index (κ2) is 18.4. The van der Waals surface area contributed by atoms with E-state index in [9.17, 15) is 35.2 Å². The number of aromatic nitrogens is 4. The lowest BCUT2D eigenvalue weighted by molar-refractivity contribution is -0.141. The Bertz CT molecular complexity index is 2950. The number of halogens is 6. The SMILES string of the molecule is COc1ccc(CN(c2nn(CC(F)(F)F)c3c(-n4c([C@H](Cc5cc(F)cc(F)c5)NC(=O)OC(C)(C)C)nc5cc(N6C[C@@H](C)O[C@@H](C)C6)ccc5c4=O)ccc(Cl)c23)S(C)(=O)=O)cc1. The number of sulfonamides is 1. The smallest absolute Gasteiger partial charge is 0.408 e. The van der Waals surface area contributed by atoms with Crippen molar-refractivity contribution in [2.45, 2.75) is 84.2 Å². The summed E-state index contributed by atoms with van der Waals surface area (Å²) in [6.07, 6.45) is -5.84. The summed E-state index contributed by atoms with van der Waals surface area (Å²) in [5, 5.41) is 6.42. The number of carbonyl (C=O) groups excluding carboxylic acids is 1. The zero-order chi connectivity index (χ0) is 48.0. The fourth-order valence-electron chi connectivity index (χ4n) is 7.99. The number of alkyl halides is 3. The highest BCUT2D eigenvalue weighted by atomic mass is 35.5. The monoisotopic (exact) mass is 959 g/mol. The molecule has 0 spiro atoms. The quantitative estimate of drug-likeness (QED) is 0.118. The van der Waals surface area contributed by atoms with E-state index in [0.717, 1.165) is 27.3 Å². The molecule has 1 amide bonds. The molecule has 66 heavy (non-hydrogen) atoms. The molecule has 1 fully saturated rings. The summed E-state index contributed by atoms with van der Waals surface area (Å²) in [6.45, 7) is 7.43. The summed E-state index contributed by atoms with van der Waals surface area (Å²) in [4.78, 5) is 35.9. The zero-order valence-electron chi connectivity index (χ0n) is 36.9. The Labute approximate surface area is 381 Å². The molecule has 0 aliphatic carbocycles. The Balaban J connectivity index is 1.55. The maximum absolute atomic E-state index is 15.3. The largest absolute Gasteiger partial charge is 0.497 e. The van der Waals surface area contributed by atoms with E-state index in [0.29, 0.717) is 40.8 Å². The van der Waals surface area contributed by atoms with Crippen molar-refractivity contribution in [2.75, 3.05) is 35.7 Å². The Morgan fingerprint density at radius 1 is 0.970 bits per heavy atom. The van der Waals surface area contributed by atoms with Gasteiger partial charge >= 0.3 is 12.3 Å². The van der Waals surface area contributed by atoms with Crippen LogP contribution in [0.5, 0.6) is 5.75 Å². The normalized spacial score (nSPS) is 16.4. The molecular formula is C45H47ClF5N7O7S. The van der Waals surface area contributed by atoms with Crippen LogP contribution in [-0.4, -0.2) is 84.3 Å². The van der Waals surface area contributed by atoms with Crippen LogP contribution in [0.3, 0.4) is 0 Å². The van der Waals surface area contributed by atoms with Crippen molar-refractivity contribution in [1.82, 2.24) is 24.6 Å². The Morgan fingerprint density at radius 3 is 2.21 bits per heavy atom. The van der Waals surface area contributed by atoms with Gasteiger partial charge in [0.15, 0.2) is 5.82 Å². The number of hydrogen-bond donors (Lipinski definition) is 1. The Kier molecular flexibility index (Phi) is 13.3. The molecule has 6 aromatic rings. The molecule has 0 bridgehead atoms. The van der Waals surface area contributed by atoms with E-state index in [4.69, 9.17) is 30.8 Å². The molecule has 7 rings (SSSR count). The van der Waals surface area contributed by atoms with Crippen molar-refractivity contribution in [3.8, 4) is 11.4 Å². The molecule has 14 nitrogen and oxygen atoms in total. The van der Waals surface area contributed by atoms with Gasteiger partial charge in [0.1, 0.15) is 35.4 Å². The maximum Gasteiger partial charge on any atom is 0.408 e. The highest BCUT2D eigenvalue weighted by Crippen LogP contribution is 2.40. The van der Waals surface area contributed by atoms with Crippen molar-refractivity contribution in [1.29, 1.82) is 0 Å². The Hall–Kier alpha value is -5.99. The first-order chi connectivity index (χ1) is 30.9. The van der Waals surface area contributed by atoms with Gasteiger partial charge in [-0.15, -0.1) is 0 Å². The number of amides is 1. The van der Waals surface area contributed by atoms with E-state index in [2.05, 4.69) is 10.4 Å². The van der Waals surface area contributed by atoms with Crippen LogP contribution in [0.1, 0.15) is 57.6 Å². The van der Waals surface area contributed by atoms with Gasteiger partial charge in [0.05, 0.1) is 70.7 Å².